The summed E-state index contributed by atoms with van der Waals surface area (Å²) in [5.41, 5.74) is 2.73. The summed E-state index contributed by atoms with van der Waals surface area (Å²) in [4.78, 5) is 20.2. The van der Waals surface area contributed by atoms with Crippen LogP contribution in [0.5, 0.6) is 0 Å². The van der Waals surface area contributed by atoms with Gasteiger partial charge in [-0.1, -0.05) is 26.0 Å². The highest BCUT2D eigenvalue weighted by molar-refractivity contribution is 7.09. The molecule has 0 fully saturated rings. The second-order valence-electron chi connectivity index (χ2n) is 5.86. The Bertz CT molecular complexity index is 849. The Kier molecular flexibility index (Phi) is 4.94. The summed E-state index contributed by atoms with van der Waals surface area (Å²) in [6.45, 7) is 5.01. The lowest BCUT2D eigenvalue weighted by atomic mass is 10.0. The van der Waals surface area contributed by atoms with Crippen molar-refractivity contribution in [3.8, 4) is 0 Å². The maximum absolute atomic E-state index is 10.8. The summed E-state index contributed by atoms with van der Waals surface area (Å²) < 4.78 is 2.23. The van der Waals surface area contributed by atoms with Crippen LogP contribution in [0.2, 0.25) is 0 Å². The molecule has 0 aliphatic rings. The molecule has 1 N–H and O–H groups in total. The Morgan fingerprint density at radius 3 is 2.71 bits per heavy atom. The molecule has 0 bridgehead atoms. The fraction of sp³-hybridized carbons (Fsp3) is 0.389. The zero-order valence-electron chi connectivity index (χ0n) is 13.9. The minimum atomic E-state index is -0.849. The lowest BCUT2D eigenvalue weighted by Gasteiger charge is -2.14. The number of carboxylic acid groups (broad SMARTS) is 1. The number of aliphatic carboxylic acids is 1. The van der Waals surface area contributed by atoms with Crippen molar-refractivity contribution in [2.24, 2.45) is 0 Å². The van der Waals surface area contributed by atoms with Gasteiger partial charge in [0.25, 0.3) is 0 Å². The van der Waals surface area contributed by atoms with E-state index in [1.807, 2.05) is 23.6 Å². The van der Waals surface area contributed by atoms with E-state index in [-0.39, 0.29) is 6.42 Å². The van der Waals surface area contributed by atoms with Gasteiger partial charge in [0.2, 0.25) is 0 Å². The fourth-order valence-corrected chi connectivity index (χ4v) is 3.80. The number of carbonyl (C=O) groups is 1. The summed E-state index contributed by atoms with van der Waals surface area (Å²) >= 11 is 1.51. The quantitative estimate of drug-likeness (QED) is 0.702. The molecule has 0 aliphatic carbocycles. The van der Waals surface area contributed by atoms with Gasteiger partial charge in [0.05, 0.1) is 29.7 Å². The highest BCUT2D eigenvalue weighted by Gasteiger charge is 2.18. The summed E-state index contributed by atoms with van der Waals surface area (Å²) in [7, 11) is 0. The van der Waals surface area contributed by atoms with E-state index in [9.17, 15) is 4.79 Å². The SMILES string of the molecule is CCC(CC)c1nc2ccccc2n1Cc1nc(CC(=O)O)cs1. The largest absolute Gasteiger partial charge is 0.481 e. The lowest BCUT2D eigenvalue weighted by Crippen LogP contribution is -2.09. The third-order valence-corrected chi connectivity index (χ3v) is 5.14. The van der Waals surface area contributed by atoms with Gasteiger partial charge in [-0.05, 0) is 25.0 Å². The van der Waals surface area contributed by atoms with Gasteiger partial charge in [-0.2, -0.15) is 0 Å². The van der Waals surface area contributed by atoms with E-state index >= 15 is 0 Å². The molecule has 0 atom stereocenters. The maximum Gasteiger partial charge on any atom is 0.309 e. The second-order valence-corrected chi connectivity index (χ2v) is 6.80. The van der Waals surface area contributed by atoms with E-state index in [1.165, 1.54) is 11.3 Å². The minimum Gasteiger partial charge on any atom is -0.481 e. The third kappa shape index (κ3) is 3.33. The number of thiazole rings is 1. The molecule has 0 unspecified atom stereocenters. The Labute approximate surface area is 145 Å². The predicted octanol–water partition coefficient (Wildman–Crippen LogP) is 4.07. The van der Waals surface area contributed by atoms with Crippen LogP contribution in [-0.2, 0) is 17.8 Å². The van der Waals surface area contributed by atoms with Gasteiger partial charge in [-0.25, -0.2) is 9.97 Å². The van der Waals surface area contributed by atoms with Gasteiger partial charge >= 0.3 is 5.97 Å². The average Bonchev–Trinajstić information content (AvgIpc) is 3.14. The molecule has 6 heteroatoms. The zero-order valence-corrected chi connectivity index (χ0v) is 14.7. The first kappa shape index (κ1) is 16.6. The standard InChI is InChI=1S/C18H21N3O2S/c1-3-12(4-2)18-20-14-7-5-6-8-15(14)21(18)10-16-19-13(11-24-16)9-17(22)23/h5-8,11-12H,3-4,9-10H2,1-2H3,(H,22,23). The first-order chi connectivity index (χ1) is 11.6. The van der Waals surface area contributed by atoms with E-state index in [1.54, 1.807) is 0 Å². The molecule has 5 nitrogen and oxygen atoms in total. The smallest absolute Gasteiger partial charge is 0.309 e. The molecule has 0 radical (unpaired) electrons. The van der Waals surface area contributed by atoms with Crippen LogP contribution in [0.4, 0.5) is 0 Å². The van der Waals surface area contributed by atoms with Gasteiger partial charge < -0.3 is 9.67 Å². The second kappa shape index (κ2) is 7.13. The van der Waals surface area contributed by atoms with E-state index in [0.29, 0.717) is 18.2 Å². The van der Waals surface area contributed by atoms with Crippen LogP contribution in [0.3, 0.4) is 0 Å². The fourth-order valence-electron chi connectivity index (χ4n) is 3.02. The number of fused-ring (bicyclic) bond motifs is 1. The van der Waals surface area contributed by atoms with Crippen molar-refractivity contribution in [1.82, 2.24) is 14.5 Å². The Morgan fingerprint density at radius 1 is 1.25 bits per heavy atom. The summed E-state index contributed by atoms with van der Waals surface area (Å²) in [6.07, 6.45) is 2.06. The molecule has 0 amide bonds. The molecule has 3 aromatic rings. The number of para-hydroxylation sites is 2. The molecule has 3 rings (SSSR count). The van der Waals surface area contributed by atoms with Gasteiger partial charge in [0.15, 0.2) is 0 Å². The van der Waals surface area contributed by atoms with Crippen molar-refractivity contribution in [1.29, 1.82) is 0 Å². The highest BCUT2D eigenvalue weighted by atomic mass is 32.1. The topological polar surface area (TPSA) is 68.0 Å². The zero-order chi connectivity index (χ0) is 17.1. The van der Waals surface area contributed by atoms with Crippen molar-refractivity contribution in [3.63, 3.8) is 0 Å². The minimum absolute atomic E-state index is 0.0272. The van der Waals surface area contributed by atoms with Crippen molar-refractivity contribution in [3.05, 3.63) is 46.2 Å². The molecule has 2 aromatic heterocycles. The number of nitrogens with zero attached hydrogens (tertiary/aromatic N) is 3. The lowest BCUT2D eigenvalue weighted by molar-refractivity contribution is -0.136. The van der Waals surface area contributed by atoms with Gasteiger partial charge in [0, 0.05) is 11.3 Å². The number of rotatable bonds is 7. The molecule has 0 saturated heterocycles. The van der Waals surface area contributed by atoms with E-state index in [4.69, 9.17) is 10.1 Å². The number of imidazole rings is 1. The molecule has 126 valence electrons. The van der Waals surface area contributed by atoms with Crippen molar-refractivity contribution in [2.45, 2.75) is 45.6 Å². The van der Waals surface area contributed by atoms with Crippen LogP contribution in [0.1, 0.15) is 49.1 Å². The van der Waals surface area contributed by atoms with Crippen LogP contribution >= 0.6 is 11.3 Å². The van der Waals surface area contributed by atoms with E-state index in [2.05, 4.69) is 29.5 Å². The van der Waals surface area contributed by atoms with Crippen molar-refractivity contribution in [2.75, 3.05) is 0 Å². The van der Waals surface area contributed by atoms with Gasteiger partial charge in [0.1, 0.15) is 10.8 Å². The molecule has 0 aliphatic heterocycles. The maximum atomic E-state index is 10.8. The molecule has 1 aromatic carbocycles. The number of aromatic nitrogens is 3. The van der Waals surface area contributed by atoms with Crippen LogP contribution in [0.25, 0.3) is 11.0 Å². The molecule has 0 saturated carbocycles. The monoisotopic (exact) mass is 343 g/mol. The molecule has 0 spiro atoms. The molecular weight excluding hydrogens is 322 g/mol. The third-order valence-electron chi connectivity index (χ3n) is 4.26. The molecule has 2 heterocycles. The van der Waals surface area contributed by atoms with Crippen LogP contribution < -0.4 is 0 Å². The van der Waals surface area contributed by atoms with Crippen LogP contribution in [0, 0.1) is 0 Å². The first-order valence-electron chi connectivity index (χ1n) is 8.22. The number of hydrogen-bond donors (Lipinski definition) is 1. The van der Waals surface area contributed by atoms with Crippen LogP contribution in [-0.4, -0.2) is 25.6 Å². The number of benzene rings is 1. The Hall–Kier alpha value is -2.21. The Balaban J connectivity index is 1.99. The summed E-state index contributed by atoms with van der Waals surface area (Å²) in [5.74, 6) is 0.657. The highest BCUT2D eigenvalue weighted by Crippen LogP contribution is 2.28. The number of carboxylic acids is 1. The van der Waals surface area contributed by atoms with Crippen molar-refractivity contribution >= 4 is 28.3 Å². The average molecular weight is 343 g/mol. The Morgan fingerprint density at radius 2 is 2.00 bits per heavy atom. The van der Waals surface area contributed by atoms with Gasteiger partial charge in [-0.3, -0.25) is 4.79 Å². The van der Waals surface area contributed by atoms with Crippen molar-refractivity contribution < 1.29 is 9.90 Å². The van der Waals surface area contributed by atoms with E-state index < -0.39 is 5.97 Å². The van der Waals surface area contributed by atoms with Crippen LogP contribution in [0.15, 0.2) is 29.6 Å². The molecular formula is C18H21N3O2S. The first-order valence-corrected chi connectivity index (χ1v) is 9.10. The number of hydrogen-bond acceptors (Lipinski definition) is 4. The summed E-state index contributed by atoms with van der Waals surface area (Å²) in [6, 6.07) is 8.15. The predicted molar refractivity (Wildman–Crippen MR) is 95.6 cm³/mol. The molecule has 24 heavy (non-hydrogen) atoms. The van der Waals surface area contributed by atoms with Gasteiger partial charge in [-0.15, -0.1) is 11.3 Å². The van der Waals surface area contributed by atoms with E-state index in [0.717, 1.165) is 34.7 Å². The normalized spacial score (nSPS) is 11.5. The summed E-state index contributed by atoms with van der Waals surface area (Å²) in [5, 5.41) is 11.7.